The number of carbonyl (C=O) groups is 1. The van der Waals surface area contributed by atoms with Gasteiger partial charge in [0, 0.05) is 11.8 Å². The second kappa shape index (κ2) is 7.28. The number of carbonyl (C=O) groups excluding carboxylic acids is 1. The van der Waals surface area contributed by atoms with Gasteiger partial charge in [-0.3, -0.25) is 15.1 Å². The maximum absolute atomic E-state index is 12.3. The Morgan fingerprint density at radius 2 is 1.74 bits per heavy atom. The molecule has 0 unspecified atom stereocenters. The van der Waals surface area contributed by atoms with Crippen LogP contribution in [0.15, 0.2) is 42.6 Å². The van der Waals surface area contributed by atoms with Crippen molar-refractivity contribution in [2.24, 2.45) is 0 Å². The van der Waals surface area contributed by atoms with Gasteiger partial charge in [0.25, 0.3) is 5.69 Å². The molecule has 8 heteroatoms. The van der Waals surface area contributed by atoms with E-state index in [2.05, 4.69) is 4.98 Å². The van der Waals surface area contributed by atoms with Crippen molar-refractivity contribution in [2.45, 2.75) is 0 Å². The number of fused-ring (bicyclic) bond motifs is 1. The van der Waals surface area contributed by atoms with Gasteiger partial charge >= 0.3 is 5.97 Å². The third kappa shape index (κ3) is 3.12. The number of methoxy groups -OCH3 is 3. The van der Waals surface area contributed by atoms with E-state index in [4.69, 9.17) is 14.2 Å². The molecular formula is C19H16N2O6. The van der Waals surface area contributed by atoms with Crippen LogP contribution in [0, 0.1) is 10.1 Å². The fourth-order valence-corrected chi connectivity index (χ4v) is 2.93. The molecule has 0 radical (unpaired) electrons. The van der Waals surface area contributed by atoms with Gasteiger partial charge < -0.3 is 14.2 Å². The zero-order valence-electron chi connectivity index (χ0n) is 14.9. The highest BCUT2D eigenvalue weighted by Gasteiger charge is 2.26. The van der Waals surface area contributed by atoms with Crippen LogP contribution in [-0.2, 0) is 4.74 Å². The van der Waals surface area contributed by atoms with E-state index in [1.807, 2.05) is 0 Å². The number of esters is 1. The number of nitrogens with zero attached hydrogens (tertiary/aromatic N) is 2. The molecule has 138 valence electrons. The summed E-state index contributed by atoms with van der Waals surface area (Å²) in [5, 5.41) is 12.2. The van der Waals surface area contributed by atoms with Gasteiger partial charge in [-0.1, -0.05) is 0 Å². The lowest BCUT2D eigenvalue weighted by Crippen LogP contribution is -2.06. The van der Waals surface area contributed by atoms with Crippen LogP contribution in [0.3, 0.4) is 0 Å². The number of ether oxygens (including phenoxy) is 3. The largest absolute Gasteiger partial charge is 0.493 e. The van der Waals surface area contributed by atoms with Crippen molar-refractivity contribution in [1.29, 1.82) is 0 Å². The molecule has 0 saturated carbocycles. The number of rotatable bonds is 5. The normalized spacial score (nSPS) is 10.5. The monoisotopic (exact) mass is 368 g/mol. The molecule has 0 atom stereocenters. The topological polar surface area (TPSA) is 101 Å². The average Bonchev–Trinajstić information content (AvgIpc) is 2.70. The molecule has 27 heavy (non-hydrogen) atoms. The molecule has 1 heterocycles. The highest BCUT2D eigenvalue weighted by molar-refractivity contribution is 6.03. The molecule has 0 aliphatic heterocycles. The first-order valence-electron chi connectivity index (χ1n) is 7.88. The summed E-state index contributed by atoms with van der Waals surface area (Å²) in [7, 11) is 4.11. The quantitative estimate of drug-likeness (QED) is 0.385. The minimum atomic E-state index is -0.647. The van der Waals surface area contributed by atoms with Crippen molar-refractivity contribution in [1.82, 2.24) is 4.98 Å². The summed E-state index contributed by atoms with van der Waals surface area (Å²) in [5.41, 5.74) is 1.01. The summed E-state index contributed by atoms with van der Waals surface area (Å²) in [6.45, 7) is 0. The molecule has 0 spiro atoms. The molecule has 0 bridgehead atoms. The van der Waals surface area contributed by atoms with Gasteiger partial charge in [0.1, 0.15) is 0 Å². The average molecular weight is 368 g/mol. The molecule has 3 aromatic rings. The van der Waals surface area contributed by atoms with Crippen LogP contribution in [0.4, 0.5) is 5.69 Å². The van der Waals surface area contributed by atoms with Crippen molar-refractivity contribution < 1.29 is 23.9 Å². The van der Waals surface area contributed by atoms with Crippen molar-refractivity contribution in [3.63, 3.8) is 0 Å². The Balaban J connectivity index is 2.41. The second-order valence-corrected chi connectivity index (χ2v) is 5.53. The summed E-state index contributed by atoms with van der Waals surface area (Å²) in [6.07, 6.45) is 1.56. The van der Waals surface area contributed by atoms with Crippen LogP contribution in [-0.4, -0.2) is 37.2 Å². The molecule has 3 rings (SSSR count). The van der Waals surface area contributed by atoms with E-state index in [9.17, 15) is 14.9 Å². The fraction of sp³-hybridized carbons (Fsp3) is 0.158. The van der Waals surface area contributed by atoms with Crippen LogP contribution >= 0.6 is 0 Å². The van der Waals surface area contributed by atoms with Crippen LogP contribution in [0.25, 0.3) is 22.0 Å². The number of hydrogen-bond acceptors (Lipinski definition) is 7. The van der Waals surface area contributed by atoms with Gasteiger partial charge in [0.05, 0.1) is 48.3 Å². The molecule has 0 aliphatic rings. The third-order valence-electron chi connectivity index (χ3n) is 4.16. The lowest BCUT2D eigenvalue weighted by atomic mass is 9.95. The zero-order valence-corrected chi connectivity index (χ0v) is 14.9. The second-order valence-electron chi connectivity index (χ2n) is 5.53. The molecule has 2 aromatic carbocycles. The Morgan fingerprint density at radius 1 is 1.04 bits per heavy atom. The molecular weight excluding hydrogens is 352 g/mol. The minimum absolute atomic E-state index is 0.126. The SMILES string of the molecule is COC(=O)c1cc(OC)c(OC)cc1-c1ccc2ncccc2c1[N+](=O)[O-]. The first-order chi connectivity index (χ1) is 13.0. The summed E-state index contributed by atoms with van der Waals surface area (Å²) >= 11 is 0. The molecule has 8 nitrogen and oxygen atoms in total. The van der Waals surface area contributed by atoms with Gasteiger partial charge in [-0.2, -0.15) is 0 Å². The number of nitro groups is 1. The van der Waals surface area contributed by atoms with E-state index in [1.165, 1.54) is 33.5 Å². The third-order valence-corrected chi connectivity index (χ3v) is 4.16. The minimum Gasteiger partial charge on any atom is -0.493 e. The standard InChI is InChI=1S/C19H16N2O6/c1-25-16-9-13(14(19(22)27-3)10-17(16)26-2)11-6-7-15-12(5-4-8-20-15)18(11)21(23)24/h4-10H,1-3H3. The van der Waals surface area contributed by atoms with E-state index in [0.29, 0.717) is 28.0 Å². The van der Waals surface area contributed by atoms with Crippen molar-refractivity contribution >= 4 is 22.6 Å². The number of hydrogen-bond donors (Lipinski definition) is 0. The van der Waals surface area contributed by atoms with Crippen molar-refractivity contribution in [3.8, 4) is 22.6 Å². The Bertz CT molecular complexity index is 1050. The van der Waals surface area contributed by atoms with Gasteiger partial charge in [-0.25, -0.2) is 4.79 Å². The van der Waals surface area contributed by atoms with E-state index in [0.717, 1.165) is 0 Å². The lowest BCUT2D eigenvalue weighted by molar-refractivity contribution is -0.382. The van der Waals surface area contributed by atoms with Crippen LogP contribution in [0.1, 0.15) is 10.4 Å². The van der Waals surface area contributed by atoms with Crippen LogP contribution in [0.5, 0.6) is 11.5 Å². The maximum atomic E-state index is 12.3. The maximum Gasteiger partial charge on any atom is 0.338 e. The number of pyridine rings is 1. The van der Waals surface area contributed by atoms with Gasteiger partial charge in [0.2, 0.25) is 0 Å². The Kier molecular flexibility index (Phi) is 4.89. The van der Waals surface area contributed by atoms with E-state index < -0.39 is 10.9 Å². The molecule has 0 N–H and O–H groups in total. The number of benzene rings is 2. The first kappa shape index (κ1) is 18.1. The van der Waals surface area contributed by atoms with E-state index >= 15 is 0 Å². The summed E-state index contributed by atoms with van der Waals surface area (Å²) in [4.78, 5) is 27.8. The van der Waals surface area contributed by atoms with E-state index in [1.54, 1.807) is 30.5 Å². The number of nitro benzene ring substituents is 1. The van der Waals surface area contributed by atoms with Gasteiger partial charge in [-0.05, 0) is 36.4 Å². The summed E-state index contributed by atoms with van der Waals surface area (Å²) < 4.78 is 15.4. The van der Waals surface area contributed by atoms with Crippen molar-refractivity contribution in [3.05, 3.63) is 58.3 Å². The predicted octanol–water partition coefficient (Wildman–Crippen LogP) is 3.61. The van der Waals surface area contributed by atoms with Crippen molar-refractivity contribution in [2.75, 3.05) is 21.3 Å². The summed E-state index contributed by atoms with van der Waals surface area (Å²) in [5.74, 6) is -0.000900. The van der Waals surface area contributed by atoms with Crippen LogP contribution in [0.2, 0.25) is 0 Å². The molecule has 0 amide bonds. The Morgan fingerprint density at radius 3 is 2.37 bits per heavy atom. The molecule has 0 fully saturated rings. The molecule has 1 aromatic heterocycles. The lowest BCUT2D eigenvalue weighted by Gasteiger charge is -2.14. The Labute approximate surface area is 154 Å². The first-order valence-corrected chi connectivity index (χ1v) is 7.88. The smallest absolute Gasteiger partial charge is 0.338 e. The van der Waals surface area contributed by atoms with E-state index in [-0.39, 0.29) is 16.8 Å². The fourth-order valence-electron chi connectivity index (χ4n) is 2.93. The summed E-state index contributed by atoms with van der Waals surface area (Å²) in [6, 6.07) is 9.42. The zero-order chi connectivity index (χ0) is 19.6. The van der Waals surface area contributed by atoms with Crippen LogP contribution < -0.4 is 9.47 Å². The Hall–Kier alpha value is -3.68. The highest BCUT2D eigenvalue weighted by atomic mass is 16.6. The molecule has 0 saturated heterocycles. The number of aromatic nitrogens is 1. The van der Waals surface area contributed by atoms with Gasteiger partial charge in [0.15, 0.2) is 11.5 Å². The molecule has 0 aliphatic carbocycles. The van der Waals surface area contributed by atoms with Gasteiger partial charge in [-0.15, -0.1) is 0 Å². The highest BCUT2D eigenvalue weighted by Crippen LogP contribution is 2.41. The predicted molar refractivity (Wildman–Crippen MR) is 98.3 cm³/mol.